The van der Waals surface area contributed by atoms with Crippen molar-refractivity contribution in [3.63, 3.8) is 0 Å². The van der Waals surface area contributed by atoms with Gasteiger partial charge in [-0.15, -0.1) is 0 Å². The number of carbonyl (C=O) groups excluding carboxylic acids is 1. The van der Waals surface area contributed by atoms with Gasteiger partial charge in [0.1, 0.15) is 0 Å². The number of carbonyl (C=O) groups is 1. The van der Waals surface area contributed by atoms with Gasteiger partial charge < -0.3 is 0 Å². The molecule has 4 nitrogen and oxygen atoms in total. The van der Waals surface area contributed by atoms with E-state index in [0.717, 1.165) is 5.56 Å². The zero-order valence-corrected chi connectivity index (χ0v) is 11.9. The lowest BCUT2D eigenvalue weighted by atomic mass is 10.1. The molecule has 0 aromatic heterocycles. The standard InChI is InChI=1S/C15H15NO3S/c1-12-6-5-9-14(10-12)20(18,19)16-11-15(17)13-7-3-2-4-8-13/h2-10,16H,11H2,1H3. The molecule has 0 amide bonds. The van der Waals surface area contributed by atoms with Gasteiger partial charge >= 0.3 is 0 Å². The summed E-state index contributed by atoms with van der Waals surface area (Å²) in [5.41, 5.74) is 1.33. The van der Waals surface area contributed by atoms with Crippen LogP contribution in [0.25, 0.3) is 0 Å². The summed E-state index contributed by atoms with van der Waals surface area (Å²) in [6, 6.07) is 15.1. The van der Waals surface area contributed by atoms with Crippen LogP contribution >= 0.6 is 0 Å². The van der Waals surface area contributed by atoms with Gasteiger partial charge in [0.25, 0.3) is 0 Å². The third-order valence-electron chi connectivity index (χ3n) is 2.82. The van der Waals surface area contributed by atoms with Gasteiger partial charge in [0.05, 0.1) is 11.4 Å². The number of hydrogen-bond acceptors (Lipinski definition) is 3. The zero-order chi connectivity index (χ0) is 14.6. The first kappa shape index (κ1) is 14.4. The second-order valence-electron chi connectivity index (χ2n) is 4.43. The van der Waals surface area contributed by atoms with Crippen molar-refractivity contribution in [2.75, 3.05) is 6.54 Å². The summed E-state index contributed by atoms with van der Waals surface area (Å²) in [7, 11) is -3.66. The summed E-state index contributed by atoms with van der Waals surface area (Å²) in [4.78, 5) is 12.0. The van der Waals surface area contributed by atoms with Crippen molar-refractivity contribution in [2.24, 2.45) is 0 Å². The highest BCUT2D eigenvalue weighted by Gasteiger charge is 2.16. The number of nitrogens with one attached hydrogen (secondary N) is 1. The first-order valence-corrected chi connectivity index (χ1v) is 7.62. The Balaban J connectivity index is 2.09. The fraction of sp³-hybridized carbons (Fsp3) is 0.133. The first-order chi connectivity index (χ1) is 9.49. The number of sulfonamides is 1. The second-order valence-corrected chi connectivity index (χ2v) is 6.20. The largest absolute Gasteiger partial charge is 0.293 e. The Morgan fingerprint density at radius 3 is 2.40 bits per heavy atom. The molecule has 0 saturated heterocycles. The van der Waals surface area contributed by atoms with Crippen molar-refractivity contribution in [1.29, 1.82) is 0 Å². The van der Waals surface area contributed by atoms with E-state index < -0.39 is 10.0 Å². The van der Waals surface area contributed by atoms with Gasteiger partial charge in [0.2, 0.25) is 10.0 Å². The molecule has 0 aliphatic carbocycles. The molecule has 0 bridgehead atoms. The third kappa shape index (κ3) is 3.53. The fourth-order valence-corrected chi connectivity index (χ4v) is 2.84. The summed E-state index contributed by atoms with van der Waals surface area (Å²) < 4.78 is 26.4. The first-order valence-electron chi connectivity index (χ1n) is 6.13. The monoisotopic (exact) mass is 289 g/mol. The van der Waals surface area contributed by atoms with E-state index in [2.05, 4.69) is 4.72 Å². The third-order valence-corrected chi connectivity index (χ3v) is 4.22. The van der Waals surface area contributed by atoms with Crippen LogP contribution < -0.4 is 4.72 Å². The maximum Gasteiger partial charge on any atom is 0.240 e. The Hall–Kier alpha value is -1.98. The van der Waals surface area contributed by atoms with E-state index in [1.54, 1.807) is 42.5 Å². The van der Waals surface area contributed by atoms with Crippen LogP contribution in [0.1, 0.15) is 15.9 Å². The summed E-state index contributed by atoms with van der Waals surface area (Å²) in [5, 5.41) is 0. The van der Waals surface area contributed by atoms with Crippen LogP contribution in [-0.2, 0) is 10.0 Å². The summed E-state index contributed by atoms with van der Waals surface area (Å²) >= 11 is 0. The van der Waals surface area contributed by atoms with Gasteiger partial charge in [-0.05, 0) is 24.6 Å². The predicted octanol–water partition coefficient (Wildman–Crippen LogP) is 2.16. The van der Waals surface area contributed by atoms with Crippen LogP contribution in [0.15, 0.2) is 59.5 Å². The van der Waals surface area contributed by atoms with E-state index in [9.17, 15) is 13.2 Å². The lowest BCUT2D eigenvalue weighted by Crippen LogP contribution is -2.29. The number of Topliss-reactive ketones (excluding diaryl/α,β-unsaturated/α-hetero) is 1. The van der Waals surface area contributed by atoms with E-state index in [-0.39, 0.29) is 17.2 Å². The number of aryl methyl sites for hydroxylation is 1. The molecule has 0 saturated carbocycles. The number of ketones is 1. The maximum absolute atomic E-state index is 12.1. The lowest BCUT2D eigenvalue weighted by molar-refractivity contribution is 0.0997. The van der Waals surface area contributed by atoms with Crippen molar-refractivity contribution in [3.05, 3.63) is 65.7 Å². The Morgan fingerprint density at radius 1 is 1.05 bits per heavy atom. The van der Waals surface area contributed by atoms with Crippen molar-refractivity contribution in [1.82, 2.24) is 4.72 Å². The molecule has 1 N–H and O–H groups in total. The molecule has 0 aliphatic rings. The molecule has 2 rings (SSSR count). The van der Waals surface area contributed by atoms with Crippen molar-refractivity contribution >= 4 is 15.8 Å². The molecule has 20 heavy (non-hydrogen) atoms. The normalized spacial score (nSPS) is 11.2. The maximum atomic E-state index is 12.1. The number of rotatable bonds is 5. The Bertz CT molecular complexity index is 709. The van der Waals surface area contributed by atoms with E-state index in [1.165, 1.54) is 6.07 Å². The van der Waals surface area contributed by atoms with Crippen LogP contribution in [0.5, 0.6) is 0 Å². The molecule has 0 fully saturated rings. The van der Waals surface area contributed by atoms with Crippen LogP contribution in [-0.4, -0.2) is 20.7 Å². The van der Waals surface area contributed by atoms with Gasteiger partial charge in [0.15, 0.2) is 5.78 Å². The van der Waals surface area contributed by atoms with Crippen molar-refractivity contribution in [3.8, 4) is 0 Å². The van der Waals surface area contributed by atoms with Gasteiger partial charge in [-0.1, -0.05) is 42.5 Å². The van der Waals surface area contributed by atoms with Gasteiger partial charge in [0, 0.05) is 5.56 Å². The molecular formula is C15H15NO3S. The van der Waals surface area contributed by atoms with Crippen molar-refractivity contribution in [2.45, 2.75) is 11.8 Å². The minimum absolute atomic E-state index is 0.165. The van der Waals surface area contributed by atoms with E-state index in [1.807, 2.05) is 13.0 Å². The zero-order valence-electron chi connectivity index (χ0n) is 11.0. The van der Waals surface area contributed by atoms with Crippen LogP contribution in [0.3, 0.4) is 0 Å². The lowest BCUT2D eigenvalue weighted by Gasteiger charge is -2.07. The van der Waals surface area contributed by atoms with Crippen LogP contribution in [0.4, 0.5) is 0 Å². The molecule has 0 unspecified atom stereocenters. The molecule has 0 heterocycles. The van der Waals surface area contributed by atoms with Gasteiger partial charge in [-0.2, -0.15) is 0 Å². The minimum Gasteiger partial charge on any atom is -0.293 e. The van der Waals surface area contributed by atoms with Crippen LogP contribution in [0.2, 0.25) is 0 Å². The minimum atomic E-state index is -3.66. The van der Waals surface area contributed by atoms with Gasteiger partial charge in [-0.3, -0.25) is 4.79 Å². The predicted molar refractivity (Wildman–Crippen MR) is 77.1 cm³/mol. The smallest absolute Gasteiger partial charge is 0.240 e. The average Bonchev–Trinajstić information content (AvgIpc) is 2.46. The second kappa shape index (κ2) is 5.98. The van der Waals surface area contributed by atoms with E-state index in [0.29, 0.717) is 5.56 Å². The fourth-order valence-electron chi connectivity index (χ4n) is 1.75. The Morgan fingerprint density at radius 2 is 1.75 bits per heavy atom. The topological polar surface area (TPSA) is 63.2 Å². The molecule has 104 valence electrons. The number of benzene rings is 2. The van der Waals surface area contributed by atoms with Crippen molar-refractivity contribution < 1.29 is 13.2 Å². The molecule has 2 aromatic rings. The van der Waals surface area contributed by atoms with Gasteiger partial charge in [-0.25, -0.2) is 13.1 Å². The molecule has 0 aliphatic heterocycles. The van der Waals surface area contributed by atoms with E-state index >= 15 is 0 Å². The highest BCUT2D eigenvalue weighted by atomic mass is 32.2. The van der Waals surface area contributed by atoms with Crippen LogP contribution in [0, 0.1) is 6.92 Å². The Labute approximate surface area is 118 Å². The highest BCUT2D eigenvalue weighted by molar-refractivity contribution is 7.89. The molecular weight excluding hydrogens is 274 g/mol. The average molecular weight is 289 g/mol. The summed E-state index contributed by atoms with van der Waals surface area (Å²) in [5.74, 6) is -0.262. The molecule has 0 spiro atoms. The highest BCUT2D eigenvalue weighted by Crippen LogP contribution is 2.10. The molecule has 0 radical (unpaired) electrons. The Kier molecular flexibility index (Phi) is 4.32. The number of hydrogen-bond donors (Lipinski definition) is 1. The SMILES string of the molecule is Cc1cccc(S(=O)(=O)NCC(=O)c2ccccc2)c1. The summed E-state index contributed by atoms with van der Waals surface area (Å²) in [6.07, 6.45) is 0. The summed E-state index contributed by atoms with van der Waals surface area (Å²) in [6.45, 7) is 1.56. The molecule has 5 heteroatoms. The van der Waals surface area contributed by atoms with E-state index in [4.69, 9.17) is 0 Å². The quantitative estimate of drug-likeness (QED) is 0.858. The molecule has 2 aromatic carbocycles. The molecule has 0 atom stereocenters.